The Morgan fingerprint density at radius 1 is 1.04 bits per heavy atom. The van der Waals surface area contributed by atoms with E-state index in [1.54, 1.807) is 45.4 Å². The summed E-state index contributed by atoms with van der Waals surface area (Å²) in [5.41, 5.74) is 15.7. The Hall–Kier alpha value is -6.89. The summed E-state index contributed by atoms with van der Waals surface area (Å²) >= 11 is 0. The number of fused-ring (bicyclic) bond motifs is 6. The van der Waals surface area contributed by atoms with Crippen molar-refractivity contribution in [2.24, 2.45) is 11.3 Å². The molecule has 4 aliphatic rings. The zero-order chi connectivity index (χ0) is 58.1. The third kappa shape index (κ3) is 12.9. The molecule has 0 saturated carbocycles. The molecule has 3 fully saturated rings. The van der Waals surface area contributed by atoms with Crippen LogP contribution in [0.25, 0.3) is 33.3 Å². The Morgan fingerprint density at radius 3 is 2.52 bits per heavy atom. The predicted molar refractivity (Wildman–Crippen MR) is 307 cm³/mol. The number of hydrazine groups is 1. The molecule has 81 heavy (non-hydrogen) atoms. The average Bonchev–Trinajstić information content (AvgIpc) is 4.06. The zero-order valence-electron chi connectivity index (χ0n) is 47.5. The van der Waals surface area contributed by atoms with Gasteiger partial charge in [0.15, 0.2) is 9.84 Å². The minimum absolute atomic E-state index is 0.0157. The van der Waals surface area contributed by atoms with Gasteiger partial charge in [-0.1, -0.05) is 57.7 Å². The number of aromatic nitrogens is 2. The lowest BCUT2D eigenvalue weighted by atomic mass is 9.84. The van der Waals surface area contributed by atoms with Crippen LogP contribution in [0.15, 0.2) is 66.9 Å². The van der Waals surface area contributed by atoms with E-state index in [0.717, 1.165) is 33.3 Å². The van der Waals surface area contributed by atoms with E-state index in [4.69, 9.17) is 24.9 Å². The lowest BCUT2D eigenvalue weighted by molar-refractivity contribution is -0.155. The number of cyclic esters (lactones) is 1. The third-order valence-corrected chi connectivity index (χ3v) is 17.8. The van der Waals surface area contributed by atoms with Gasteiger partial charge in [-0.15, -0.1) is 0 Å². The number of halogens is 1. The van der Waals surface area contributed by atoms with Gasteiger partial charge in [0.25, 0.3) is 11.8 Å². The summed E-state index contributed by atoms with van der Waals surface area (Å²) in [7, 11) is 0.115. The lowest BCUT2D eigenvalue weighted by Gasteiger charge is -2.37. The maximum absolute atomic E-state index is 14.9. The number of aromatic hydroxyl groups is 1. The molecule has 18 nitrogen and oxygen atoms in total. The second kappa shape index (κ2) is 24.3. The van der Waals surface area contributed by atoms with Crippen molar-refractivity contribution in [3.8, 4) is 40.0 Å². The summed E-state index contributed by atoms with van der Waals surface area (Å²) in [5, 5.41) is 16.8. The number of hydrogen-bond donors (Lipinski definition) is 4. The van der Waals surface area contributed by atoms with Gasteiger partial charge in [-0.05, 0) is 116 Å². The molecular weight excluding hydrogens is 1060 g/mol. The Balaban J connectivity index is 1.10. The van der Waals surface area contributed by atoms with Crippen LogP contribution in [-0.2, 0) is 62.6 Å². The van der Waals surface area contributed by atoms with E-state index in [9.17, 15) is 37.1 Å². The Morgan fingerprint density at radius 2 is 1.80 bits per heavy atom. The third-order valence-electron chi connectivity index (χ3n) is 16.2. The molecule has 432 valence electrons. The highest BCUT2D eigenvalue weighted by Gasteiger charge is 2.43. The normalized spacial score (nSPS) is 22.1. The van der Waals surface area contributed by atoms with Gasteiger partial charge >= 0.3 is 5.97 Å². The molecule has 6 unspecified atom stereocenters. The molecule has 2 aromatic heterocycles. The summed E-state index contributed by atoms with van der Waals surface area (Å²) < 4.78 is 59.2. The van der Waals surface area contributed by atoms with Crippen molar-refractivity contribution in [1.82, 2.24) is 35.1 Å². The zero-order valence-corrected chi connectivity index (χ0v) is 48.3. The number of methoxy groups -OCH3 is 1. The maximum atomic E-state index is 14.9. The summed E-state index contributed by atoms with van der Waals surface area (Å²) in [6.45, 7) is 14.0. The van der Waals surface area contributed by atoms with E-state index >= 15 is 0 Å². The van der Waals surface area contributed by atoms with Crippen molar-refractivity contribution in [3.05, 3.63) is 101 Å². The summed E-state index contributed by atoms with van der Waals surface area (Å²) in [6.07, 6.45) is 1.96. The Labute approximate surface area is 473 Å². The van der Waals surface area contributed by atoms with E-state index in [-0.39, 0.29) is 49.1 Å². The Bertz CT molecular complexity index is 3390. The van der Waals surface area contributed by atoms with Crippen molar-refractivity contribution in [3.63, 3.8) is 0 Å². The molecule has 20 heteroatoms. The number of aryl methyl sites for hydroxylation is 1. The topological polar surface area (TPSA) is 228 Å². The lowest BCUT2D eigenvalue weighted by Crippen LogP contribution is -2.62. The van der Waals surface area contributed by atoms with Crippen molar-refractivity contribution >= 4 is 50.1 Å². The number of carbonyl (C=O) groups is 4. The van der Waals surface area contributed by atoms with Crippen LogP contribution in [0.2, 0.25) is 0 Å². The van der Waals surface area contributed by atoms with Gasteiger partial charge in [-0.25, -0.2) is 18.2 Å². The summed E-state index contributed by atoms with van der Waals surface area (Å²) in [6, 6.07) is 14.5. The quantitative estimate of drug-likeness (QED) is 0.0646. The fourth-order valence-corrected chi connectivity index (χ4v) is 13.1. The molecule has 6 atom stereocenters. The van der Waals surface area contributed by atoms with Gasteiger partial charge in [0.1, 0.15) is 35.8 Å². The van der Waals surface area contributed by atoms with Gasteiger partial charge in [0.2, 0.25) is 5.91 Å². The van der Waals surface area contributed by atoms with Crippen molar-refractivity contribution in [2.45, 2.75) is 116 Å². The predicted octanol–water partition coefficient (Wildman–Crippen LogP) is 6.31. The molecule has 4 aliphatic heterocycles. The number of hydrogen-bond acceptors (Lipinski definition) is 14. The molecule has 3 aromatic carbocycles. The molecule has 9 rings (SSSR count). The van der Waals surface area contributed by atoms with Crippen LogP contribution in [-0.4, -0.2) is 151 Å². The number of benzene rings is 3. The second-order valence-corrected chi connectivity index (χ2v) is 25.4. The minimum Gasteiger partial charge on any atom is -0.508 e. The smallest absolute Gasteiger partial charge is 0.324 e. The number of nitrogens with one attached hydrogen (secondary N) is 2. The first-order valence-electron chi connectivity index (χ1n) is 28.0. The van der Waals surface area contributed by atoms with E-state index < -0.39 is 86.9 Å². The standard InChI is InChI=1S/C61H75FN8O10S/c1-9-69-52-17-15-40-31-45(52)47(55(69)46-28-38(34-64-53(46)37(4)78-8)12-10-19-68-21-24-81(76,77)25-22-68)33-61(5,6)35-80-60(75)50-13-11-20-70(66-50)58(73)51(29-39-26-42(40)30-43(71)27-39)65-57(72)54(36(2)3)67(7)59(74)56-44(18-23-79-56)41-14-16-49(63)48(62)32-41/h14-17,26-28,30-32,34,36-37,44,50-51,54,56,66,71H,9,11,13,18-25,29,33,35,63H2,1-8H3,(H,65,72). The number of rotatable bonds is 11. The number of esters is 1. The molecule has 6 heterocycles. The van der Waals surface area contributed by atoms with Crippen LogP contribution < -0.4 is 16.5 Å². The van der Waals surface area contributed by atoms with Gasteiger partial charge in [0.05, 0.1) is 47.8 Å². The number of nitrogens with two attached hydrogens (primary N) is 1. The van der Waals surface area contributed by atoms with E-state index in [1.165, 1.54) is 29.1 Å². The first-order valence-corrected chi connectivity index (χ1v) is 29.8. The number of ether oxygens (including phenoxy) is 3. The van der Waals surface area contributed by atoms with Crippen LogP contribution in [0.3, 0.4) is 0 Å². The maximum Gasteiger partial charge on any atom is 0.324 e. The highest BCUT2D eigenvalue weighted by atomic mass is 32.2. The van der Waals surface area contributed by atoms with Crippen LogP contribution in [0.5, 0.6) is 5.75 Å². The number of likely N-dealkylation sites (N-methyl/N-ethyl adjacent to an activating group) is 1. The van der Waals surface area contributed by atoms with Crippen molar-refractivity contribution in [1.29, 1.82) is 0 Å². The molecule has 5 aromatic rings. The number of amides is 3. The average molecular weight is 1130 g/mol. The molecular formula is C61H75FN8O10S. The molecule has 0 aliphatic carbocycles. The van der Waals surface area contributed by atoms with Crippen LogP contribution in [0, 0.1) is 29.0 Å². The van der Waals surface area contributed by atoms with Crippen molar-refractivity contribution in [2.75, 3.05) is 70.8 Å². The molecule has 5 N–H and O–H groups in total. The number of carbonyl (C=O) groups excluding carboxylic acids is 4. The van der Waals surface area contributed by atoms with Crippen LogP contribution in [0.1, 0.15) is 101 Å². The molecule has 6 bridgehead atoms. The number of nitrogen functional groups attached to an aromatic ring is 1. The van der Waals surface area contributed by atoms with Gasteiger partial charge in [-0.2, -0.15) is 0 Å². The Kier molecular flexibility index (Phi) is 17.6. The van der Waals surface area contributed by atoms with Crippen LogP contribution in [0.4, 0.5) is 10.1 Å². The number of sulfone groups is 1. The van der Waals surface area contributed by atoms with Crippen LogP contribution >= 0.6 is 0 Å². The fraction of sp³-hybridized carbons (Fsp3) is 0.492. The monoisotopic (exact) mass is 1130 g/mol. The molecule has 3 saturated heterocycles. The minimum atomic E-state index is -3.04. The first kappa shape index (κ1) is 58.8. The molecule has 0 spiro atoms. The van der Waals surface area contributed by atoms with Gasteiger partial charge < -0.3 is 39.8 Å². The van der Waals surface area contributed by atoms with E-state index in [0.29, 0.717) is 79.8 Å². The second-order valence-electron chi connectivity index (χ2n) is 23.1. The summed E-state index contributed by atoms with van der Waals surface area (Å²) in [4.78, 5) is 66.7. The highest BCUT2D eigenvalue weighted by Crippen LogP contribution is 2.43. The van der Waals surface area contributed by atoms with Gasteiger partial charge in [0, 0.05) is 92.9 Å². The van der Waals surface area contributed by atoms with E-state index in [2.05, 4.69) is 46.2 Å². The number of phenols is 1. The first-order chi connectivity index (χ1) is 38.5. The summed E-state index contributed by atoms with van der Waals surface area (Å²) in [5.74, 6) is 3.02. The number of anilines is 1. The van der Waals surface area contributed by atoms with E-state index in [1.807, 2.05) is 43.9 Å². The van der Waals surface area contributed by atoms with Crippen molar-refractivity contribution < 1.29 is 51.3 Å². The molecule has 3 amide bonds. The number of nitrogens with zero attached hydrogens (tertiary/aromatic N) is 5. The number of pyridine rings is 1. The molecule has 0 radical (unpaired) electrons. The largest absolute Gasteiger partial charge is 0.508 e. The van der Waals surface area contributed by atoms with Gasteiger partial charge in [-0.3, -0.25) is 34.1 Å². The number of phenolic OH excluding ortho intramolecular Hbond substituents is 1. The highest BCUT2D eigenvalue weighted by molar-refractivity contribution is 7.91. The SMILES string of the molecule is CCn1c(-c2cc(C#CCN3CCS(=O)(=O)CC3)cnc2C(C)OC)c2c3cc(ccc31)-c1cc(O)cc(c1)CC(NC(=O)C(C(C)C)N(C)C(=O)C1OCCC1c1ccc(N)c(F)c1)C(=O)N1CCCC(N1)C(=O)OCC(C)(C)C2. The fourth-order valence-electron chi connectivity index (χ4n) is 11.8.